The van der Waals surface area contributed by atoms with E-state index in [4.69, 9.17) is 4.42 Å². The van der Waals surface area contributed by atoms with Gasteiger partial charge in [-0.2, -0.15) is 0 Å². The summed E-state index contributed by atoms with van der Waals surface area (Å²) < 4.78 is 6.41. The predicted molar refractivity (Wildman–Crippen MR) is 75.5 cm³/mol. The van der Waals surface area contributed by atoms with Gasteiger partial charge in [-0.15, -0.1) is 0 Å². The molecule has 2 aromatic rings. The fourth-order valence-corrected chi connectivity index (χ4v) is 2.21. The van der Waals surface area contributed by atoms with Crippen LogP contribution in [0.3, 0.4) is 0 Å². The first kappa shape index (κ1) is 13.3. The molecule has 0 spiro atoms. The van der Waals surface area contributed by atoms with Crippen LogP contribution in [0.1, 0.15) is 36.3 Å². The number of furan rings is 1. The van der Waals surface area contributed by atoms with Gasteiger partial charge in [0.15, 0.2) is 4.67 Å². The van der Waals surface area contributed by atoms with Crippen LogP contribution >= 0.6 is 15.9 Å². The summed E-state index contributed by atoms with van der Waals surface area (Å²) in [6.45, 7) is 5.14. The van der Waals surface area contributed by atoms with Gasteiger partial charge in [-0.3, -0.25) is 4.98 Å². The first-order valence-corrected chi connectivity index (χ1v) is 6.90. The molecule has 3 nitrogen and oxygen atoms in total. The molecule has 1 N–H and O–H groups in total. The first-order valence-electron chi connectivity index (χ1n) is 6.11. The molecule has 0 aliphatic carbocycles. The molecule has 1 atom stereocenters. The van der Waals surface area contributed by atoms with Crippen LogP contribution in [-0.2, 0) is 0 Å². The van der Waals surface area contributed by atoms with Crippen molar-refractivity contribution in [3.05, 3.63) is 52.1 Å². The van der Waals surface area contributed by atoms with Gasteiger partial charge in [0.1, 0.15) is 5.76 Å². The van der Waals surface area contributed by atoms with Crippen molar-refractivity contribution in [3.63, 3.8) is 0 Å². The number of halogens is 1. The van der Waals surface area contributed by atoms with Gasteiger partial charge in [0.25, 0.3) is 0 Å². The van der Waals surface area contributed by atoms with Crippen LogP contribution in [0.5, 0.6) is 0 Å². The van der Waals surface area contributed by atoms with E-state index in [1.54, 1.807) is 0 Å². The summed E-state index contributed by atoms with van der Waals surface area (Å²) in [7, 11) is 0. The zero-order valence-electron chi connectivity index (χ0n) is 10.6. The van der Waals surface area contributed by atoms with Crippen molar-refractivity contribution < 1.29 is 4.42 Å². The molecule has 2 heterocycles. The van der Waals surface area contributed by atoms with Crippen LogP contribution in [0.4, 0.5) is 0 Å². The van der Waals surface area contributed by atoms with E-state index in [0.717, 1.165) is 34.5 Å². The van der Waals surface area contributed by atoms with E-state index in [0.29, 0.717) is 0 Å². The van der Waals surface area contributed by atoms with Gasteiger partial charge in [-0.1, -0.05) is 13.0 Å². The third-order valence-corrected chi connectivity index (χ3v) is 3.13. The fraction of sp³-hybridized carbons (Fsp3) is 0.357. The number of aryl methyl sites for hydroxylation is 1. The summed E-state index contributed by atoms with van der Waals surface area (Å²) in [5.74, 6) is 0.905. The molecule has 0 aliphatic rings. The maximum atomic E-state index is 5.66. The number of pyridine rings is 1. The molecule has 0 aliphatic heterocycles. The molecule has 0 amide bonds. The second-order valence-electron chi connectivity index (χ2n) is 4.32. The van der Waals surface area contributed by atoms with Gasteiger partial charge < -0.3 is 9.73 Å². The van der Waals surface area contributed by atoms with Crippen LogP contribution in [-0.4, -0.2) is 11.5 Å². The minimum atomic E-state index is 0.0589. The zero-order chi connectivity index (χ0) is 13.0. The summed E-state index contributed by atoms with van der Waals surface area (Å²) in [5, 5.41) is 3.49. The Morgan fingerprint density at radius 3 is 2.83 bits per heavy atom. The Balaban J connectivity index is 2.30. The Hall–Kier alpha value is -1.13. The highest BCUT2D eigenvalue weighted by Gasteiger charge is 2.17. The standard InChI is InChI=1S/C14H17BrN2O/c1-3-6-17-14(12-4-5-13(15)18-12)11-7-10(2)8-16-9-11/h4-5,7-9,14,17H,3,6H2,1-2H3. The Morgan fingerprint density at radius 2 is 2.22 bits per heavy atom. The van der Waals surface area contributed by atoms with Crippen molar-refractivity contribution in [3.8, 4) is 0 Å². The van der Waals surface area contributed by atoms with Gasteiger partial charge in [-0.25, -0.2) is 0 Å². The Morgan fingerprint density at radius 1 is 1.39 bits per heavy atom. The summed E-state index contributed by atoms with van der Waals surface area (Å²) in [4.78, 5) is 4.25. The molecule has 1 unspecified atom stereocenters. The van der Waals surface area contributed by atoms with Crippen LogP contribution in [0, 0.1) is 6.92 Å². The van der Waals surface area contributed by atoms with Crippen molar-refractivity contribution in [2.45, 2.75) is 26.3 Å². The topological polar surface area (TPSA) is 38.1 Å². The van der Waals surface area contributed by atoms with Gasteiger partial charge in [-0.05, 0) is 59.1 Å². The highest BCUT2D eigenvalue weighted by Crippen LogP contribution is 2.26. The zero-order valence-corrected chi connectivity index (χ0v) is 12.2. The molecule has 0 saturated heterocycles. The molecule has 2 aromatic heterocycles. The number of nitrogens with zero attached hydrogens (tertiary/aromatic N) is 1. The third-order valence-electron chi connectivity index (χ3n) is 2.71. The normalized spacial score (nSPS) is 12.6. The monoisotopic (exact) mass is 308 g/mol. The lowest BCUT2D eigenvalue weighted by Gasteiger charge is -2.16. The Kier molecular flexibility index (Phi) is 4.55. The summed E-state index contributed by atoms with van der Waals surface area (Å²) in [6.07, 6.45) is 4.83. The number of rotatable bonds is 5. The lowest BCUT2D eigenvalue weighted by atomic mass is 10.1. The van der Waals surface area contributed by atoms with Crippen LogP contribution < -0.4 is 5.32 Å². The Bertz CT molecular complexity index is 510. The van der Waals surface area contributed by atoms with E-state index in [1.165, 1.54) is 0 Å². The van der Waals surface area contributed by atoms with E-state index < -0.39 is 0 Å². The van der Waals surface area contributed by atoms with Crippen molar-refractivity contribution in [1.29, 1.82) is 0 Å². The van der Waals surface area contributed by atoms with Crippen molar-refractivity contribution in [1.82, 2.24) is 10.3 Å². The second kappa shape index (κ2) is 6.16. The molecule has 0 fully saturated rings. The average Bonchev–Trinajstić information content (AvgIpc) is 2.76. The van der Waals surface area contributed by atoms with Gasteiger partial charge in [0.2, 0.25) is 0 Å². The maximum absolute atomic E-state index is 5.66. The largest absolute Gasteiger partial charge is 0.452 e. The molecule has 4 heteroatoms. The molecule has 0 radical (unpaired) electrons. The number of hydrogen-bond donors (Lipinski definition) is 1. The molecule has 0 aromatic carbocycles. The van der Waals surface area contributed by atoms with Crippen LogP contribution in [0.2, 0.25) is 0 Å². The quantitative estimate of drug-likeness (QED) is 0.912. The fourth-order valence-electron chi connectivity index (χ4n) is 1.89. The van der Waals surface area contributed by atoms with E-state index >= 15 is 0 Å². The SMILES string of the molecule is CCCNC(c1cncc(C)c1)c1ccc(Br)o1. The van der Waals surface area contributed by atoms with E-state index in [2.05, 4.69) is 39.2 Å². The minimum absolute atomic E-state index is 0.0589. The molecule has 96 valence electrons. The van der Waals surface area contributed by atoms with Crippen LogP contribution in [0.15, 0.2) is 39.7 Å². The highest BCUT2D eigenvalue weighted by atomic mass is 79.9. The van der Waals surface area contributed by atoms with Gasteiger partial charge in [0.05, 0.1) is 6.04 Å². The number of nitrogens with one attached hydrogen (secondary N) is 1. The minimum Gasteiger partial charge on any atom is -0.452 e. The van der Waals surface area contributed by atoms with Crippen molar-refractivity contribution in [2.24, 2.45) is 0 Å². The van der Waals surface area contributed by atoms with Crippen molar-refractivity contribution in [2.75, 3.05) is 6.54 Å². The Labute approximate surface area is 116 Å². The molecule has 0 bridgehead atoms. The number of hydrogen-bond acceptors (Lipinski definition) is 3. The second-order valence-corrected chi connectivity index (χ2v) is 5.11. The van der Waals surface area contributed by atoms with Crippen molar-refractivity contribution >= 4 is 15.9 Å². The molecule has 2 rings (SSSR count). The molecule has 0 saturated carbocycles. The van der Waals surface area contributed by atoms with Gasteiger partial charge >= 0.3 is 0 Å². The smallest absolute Gasteiger partial charge is 0.169 e. The summed E-state index contributed by atoms with van der Waals surface area (Å²) in [6, 6.07) is 6.10. The average molecular weight is 309 g/mol. The lowest BCUT2D eigenvalue weighted by molar-refractivity contribution is 0.432. The molecule has 18 heavy (non-hydrogen) atoms. The van der Waals surface area contributed by atoms with E-state index in [1.807, 2.05) is 31.5 Å². The summed E-state index contributed by atoms with van der Waals surface area (Å²) >= 11 is 3.35. The molecular weight excluding hydrogens is 292 g/mol. The third kappa shape index (κ3) is 3.21. The predicted octanol–water partition coefficient (Wildman–Crippen LogP) is 3.83. The number of aromatic nitrogens is 1. The van der Waals surface area contributed by atoms with Gasteiger partial charge in [0, 0.05) is 12.4 Å². The van der Waals surface area contributed by atoms with E-state index in [9.17, 15) is 0 Å². The summed E-state index contributed by atoms with van der Waals surface area (Å²) in [5.41, 5.74) is 2.28. The highest BCUT2D eigenvalue weighted by molar-refractivity contribution is 9.10. The van der Waals surface area contributed by atoms with Crippen LogP contribution in [0.25, 0.3) is 0 Å². The molecular formula is C14H17BrN2O. The van der Waals surface area contributed by atoms with E-state index in [-0.39, 0.29) is 6.04 Å². The lowest BCUT2D eigenvalue weighted by Crippen LogP contribution is -2.23. The first-order chi connectivity index (χ1) is 8.70. The maximum Gasteiger partial charge on any atom is 0.169 e.